The maximum absolute atomic E-state index is 5.53. The molecule has 0 aliphatic carbocycles. The van der Waals surface area contributed by atoms with Crippen LogP contribution in [0.1, 0.15) is 13.8 Å². The summed E-state index contributed by atoms with van der Waals surface area (Å²) in [5.41, 5.74) is 0. The van der Waals surface area contributed by atoms with Crippen LogP contribution >= 0.6 is 15.9 Å². The van der Waals surface area contributed by atoms with E-state index in [1.807, 2.05) is 0 Å². The van der Waals surface area contributed by atoms with E-state index in [4.69, 9.17) is 4.74 Å². The standard InChI is InChI=1S/C7H14BrNO/c1-7(2,8)6-5-9-3-4-10-6/h6,9H,3-5H2,1-2H3. The first kappa shape index (κ1) is 8.50. The van der Waals surface area contributed by atoms with Crippen LogP contribution in [0, 0.1) is 0 Å². The van der Waals surface area contributed by atoms with Crippen LogP contribution < -0.4 is 5.32 Å². The summed E-state index contributed by atoms with van der Waals surface area (Å²) in [6.45, 7) is 7.03. The molecule has 1 fully saturated rings. The molecule has 10 heavy (non-hydrogen) atoms. The van der Waals surface area contributed by atoms with Gasteiger partial charge in [-0.25, -0.2) is 0 Å². The van der Waals surface area contributed by atoms with Gasteiger partial charge in [0.05, 0.1) is 12.7 Å². The molecule has 1 aliphatic rings. The third kappa shape index (κ3) is 2.22. The van der Waals surface area contributed by atoms with E-state index in [-0.39, 0.29) is 4.32 Å². The molecule has 1 unspecified atom stereocenters. The molecule has 0 saturated carbocycles. The van der Waals surface area contributed by atoms with Crippen molar-refractivity contribution in [3.05, 3.63) is 0 Å². The zero-order valence-corrected chi connectivity index (χ0v) is 8.07. The van der Waals surface area contributed by atoms with E-state index in [2.05, 4.69) is 35.1 Å². The molecule has 1 rings (SSSR count). The molecule has 0 spiro atoms. The van der Waals surface area contributed by atoms with Gasteiger partial charge in [0.1, 0.15) is 0 Å². The first-order chi connectivity index (χ1) is 4.61. The van der Waals surface area contributed by atoms with Crippen molar-refractivity contribution in [2.75, 3.05) is 19.7 Å². The maximum atomic E-state index is 5.53. The van der Waals surface area contributed by atoms with Crippen LogP contribution in [0.15, 0.2) is 0 Å². The summed E-state index contributed by atoms with van der Waals surface area (Å²) in [5.74, 6) is 0. The molecular formula is C7H14BrNO. The van der Waals surface area contributed by atoms with E-state index in [9.17, 15) is 0 Å². The zero-order chi connectivity index (χ0) is 7.61. The lowest BCUT2D eigenvalue weighted by atomic mass is 10.1. The molecule has 1 atom stereocenters. The molecule has 0 aromatic carbocycles. The van der Waals surface area contributed by atoms with Gasteiger partial charge in [-0.3, -0.25) is 0 Å². The molecule has 0 aromatic heterocycles. The van der Waals surface area contributed by atoms with Crippen molar-refractivity contribution >= 4 is 15.9 Å². The van der Waals surface area contributed by atoms with Crippen LogP contribution in [0.4, 0.5) is 0 Å². The Bertz CT molecular complexity index is 105. The van der Waals surface area contributed by atoms with Crippen LogP contribution in [-0.4, -0.2) is 30.1 Å². The van der Waals surface area contributed by atoms with Crippen LogP contribution in [0.3, 0.4) is 0 Å². The minimum Gasteiger partial charge on any atom is -0.374 e. The van der Waals surface area contributed by atoms with Crippen LogP contribution in [0.25, 0.3) is 0 Å². The molecule has 1 saturated heterocycles. The summed E-state index contributed by atoms with van der Waals surface area (Å²) in [4.78, 5) is 0. The fraction of sp³-hybridized carbons (Fsp3) is 1.00. The van der Waals surface area contributed by atoms with Gasteiger partial charge >= 0.3 is 0 Å². The second kappa shape index (κ2) is 3.20. The molecule has 0 bridgehead atoms. The minimum absolute atomic E-state index is 0.0976. The van der Waals surface area contributed by atoms with Crippen molar-refractivity contribution < 1.29 is 4.74 Å². The molecule has 1 N–H and O–H groups in total. The average Bonchev–Trinajstić information content (AvgIpc) is 1.88. The molecule has 0 radical (unpaired) electrons. The quantitative estimate of drug-likeness (QED) is 0.652. The Balaban J connectivity index is 2.39. The van der Waals surface area contributed by atoms with E-state index in [0.29, 0.717) is 6.10 Å². The number of alkyl halides is 1. The summed E-state index contributed by atoms with van der Waals surface area (Å²) in [5, 5.41) is 3.29. The Morgan fingerprint density at radius 1 is 1.60 bits per heavy atom. The average molecular weight is 208 g/mol. The predicted molar refractivity (Wildman–Crippen MR) is 45.6 cm³/mol. The number of nitrogens with one attached hydrogen (secondary N) is 1. The van der Waals surface area contributed by atoms with Crippen molar-refractivity contribution in [1.29, 1.82) is 0 Å². The van der Waals surface area contributed by atoms with Gasteiger partial charge in [-0.2, -0.15) is 0 Å². The lowest BCUT2D eigenvalue weighted by molar-refractivity contribution is 0.0124. The monoisotopic (exact) mass is 207 g/mol. The van der Waals surface area contributed by atoms with E-state index in [1.54, 1.807) is 0 Å². The summed E-state index contributed by atoms with van der Waals surface area (Å²) < 4.78 is 5.63. The summed E-state index contributed by atoms with van der Waals surface area (Å²) in [6.07, 6.45) is 0.307. The van der Waals surface area contributed by atoms with Gasteiger partial charge in [0.15, 0.2) is 0 Å². The summed E-state index contributed by atoms with van der Waals surface area (Å²) in [6, 6.07) is 0. The van der Waals surface area contributed by atoms with E-state index < -0.39 is 0 Å². The number of ether oxygens (including phenoxy) is 1. The van der Waals surface area contributed by atoms with E-state index in [1.165, 1.54) is 0 Å². The molecule has 0 aromatic rings. The summed E-state index contributed by atoms with van der Waals surface area (Å²) >= 11 is 3.58. The molecular weight excluding hydrogens is 194 g/mol. The van der Waals surface area contributed by atoms with Gasteiger partial charge in [-0.05, 0) is 13.8 Å². The van der Waals surface area contributed by atoms with Gasteiger partial charge in [-0.15, -0.1) is 0 Å². The number of hydrogen-bond donors (Lipinski definition) is 1. The Hall–Kier alpha value is 0.400. The lowest BCUT2D eigenvalue weighted by Gasteiger charge is -2.32. The van der Waals surface area contributed by atoms with Crippen LogP contribution in [0.5, 0.6) is 0 Å². The highest BCUT2D eigenvalue weighted by molar-refractivity contribution is 9.10. The second-order valence-electron chi connectivity index (χ2n) is 3.13. The fourth-order valence-electron chi connectivity index (χ4n) is 1.01. The molecule has 3 heteroatoms. The van der Waals surface area contributed by atoms with Gasteiger partial charge in [0.25, 0.3) is 0 Å². The predicted octanol–water partition coefficient (Wildman–Crippen LogP) is 1.15. The number of hydrogen-bond acceptors (Lipinski definition) is 2. The van der Waals surface area contributed by atoms with Gasteiger partial charge in [-0.1, -0.05) is 15.9 Å². The van der Waals surface area contributed by atoms with Crippen molar-refractivity contribution in [1.82, 2.24) is 5.32 Å². The van der Waals surface area contributed by atoms with Crippen molar-refractivity contribution in [2.24, 2.45) is 0 Å². The third-order valence-electron chi connectivity index (χ3n) is 1.69. The van der Waals surface area contributed by atoms with Crippen molar-refractivity contribution in [3.8, 4) is 0 Å². The first-order valence-electron chi connectivity index (χ1n) is 3.62. The first-order valence-corrected chi connectivity index (χ1v) is 4.41. The van der Waals surface area contributed by atoms with Gasteiger partial charge in [0.2, 0.25) is 0 Å². The largest absolute Gasteiger partial charge is 0.374 e. The maximum Gasteiger partial charge on any atom is 0.0847 e. The molecule has 60 valence electrons. The minimum atomic E-state index is 0.0976. The Labute approximate surface area is 70.5 Å². The number of morpholine rings is 1. The molecule has 2 nitrogen and oxygen atoms in total. The van der Waals surface area contributed by atoms with Gasteiger partial charge in [0, 0.05) is 17.4 Å². The fourth-order valence-corrected chi connectivity index (χ4v) is 1.30. The van der Waals surface area contributed by atoms with Gasteiger partial charge < -0.3 is 10.1 Å². The molecule has 1 heterocycles. The van der Waals surface area contributed by atoms with E-state index >= 15 is 0 Å². The normalized spacial score (nSPS) is 28.5. The highest BCUT2D eigenvalue weighted by atomic mass is 79.9. The smallest absolute Gasteiger partial charge is 0.0847 e. The van der Waals surface area contributed by atoms with Crippen molar-refractivity contribution in [3.63, 3.8) is 0 Å². The van der Waals surface area contributed by atoms with Crippen molar-refractivity contribution in [2.45, 2.75) is 24.3 Å². The number of halogens is 1. The Kier molecular flexibility index (Phi) is 2.72. The van der Waals surface area contributed by atoms with Crippen LogP contribution in [0.2, 0.25) is 0 Å². The SMILES string of the molecule is CC(C)(Br)C1CNCCO1. The highest BCUT2D eigenvalue weighted by Gasteiger charge is 2.28. The van der Waals surface area contributed by atoms with Crippen LogP contribution in [-0.2, 0) is 4.74 Å². The molecule has 0 amide bonds. The topological polar surface area (TPSA) is 21.3 Å². The Morgan fingerprint density at radius 3 is 2.60 bits per heavy atom. The summed E-state index contributed by atoms with van der Waals surface area (Å²) in [7, 11) is 0. The number of rotatable bonds is 1. The lowest BCUT2D eigenvalue weighted by Crippen LogP contribution is -2.47. The molecule has 1 aliphatic heterocycles. The highest BCUT2D eigenvalue weighted by Crippen LogP contribution is 2.23. The third-order valence-corrected chi connectivity index (χ3v) is 2.20. The zero-order valence-electron chi connectivity index (χ0n) is 6.48. The second-order valence-corrected chi connectivity index (χ2v) is 5.17. The van der Waals surface area contributed by atoms with E-state index in [0.717, 1.165) is 19.7 Å². The Morgan fingerprint density at radius 2 is 2.30 bits per heavy atom.